The third-order valence-corrected chi connectivity index (χ3v) is 6.62. The van der Waals surface area contributed by atoms with Gasteiger partial charge in [-0.2, -0.15) is 5.10 Å². The molecule has 33 heavy (non-hydrogen) atoms. The maximum atomic E-state index is 13.7. The fraction of sp³-hybridized carbons (Fsp3) is 0.333. The van der Waals surface area contributed by atoms with Crippen molar-refractivity contribution in [2.75, 3.05) is 4.90 Å². The Morgan fingerprint density at radius 2 is 1.64 bits per heavy atom. The molecule has 0 N–H and O–H groups in total. The predicted octanol–water partition coefficient (Wildman–Crippen LogP) is 3.09. The molecule has 0 unspecified atom stereocenters. The predicted molar refractivity (Wildman–Crippen MR) is 119 cm³/mol. The summed E-state index contributed by atoms with van der Waals surface area (Å²) in [6.45, 7) is 5.36. The molecule has 0 saturated carbocycles. The van der Waals surface area contributed by atoms with Crippen molar-refractivity contribution in [3.8, 4) is 0 Å². The maximum absolute atomic E-state index is 13.7. The zero-order valence-electron chi connectivity index (χ0n) is 18.3. The van der Waals surface area contributed by atoms with Gasteiger partial charge in [-0.05, 0) is 23.3 Å². The highest BCUT2D eigenvalue weighted by Crippen LogP contribution is 2.53. The molecule has 168 valence electrons. The Labute approximate surface area is 189 Å². The van der Waals surface area contributed by atoms with E-state index in [9.17, 15) is 24.5 Å². The topological polar surface area (TPSA) is 113 Å². The van der Waals surface area contributed by atoms with Crippen molar-refractivity contribution in [3.63, 3.8) is 0 Å². The number of hydrogen-bond donors (Lipinski definition) is 0. The van der Waals surface area contributed by atoms with Crippen molar-refractivity contribution in [2.24, 2.45) is 22.4 Å². The fourth-order valence-electron chi connectivity index (χ4n) is 5.09. The summed E-state index contributed by atoms with van der Waals surface area (Å²) in [6.07, 6.45) is 1.67. The number of rotatable bonds is 3. The van der Waals surface area contributed by atoms with Gasteiger partial charge in [0.2, 0.25) is 11.8 Å². The molecule has 2 fully saturated rings. The van der Waals surface area contributed by atoms with Gasteiger partial charge in [-0.3, -0.25) is 29.5 Å². The minimum Gasteiger partial charge on any atom is -0.297 e. The normalized spacial score (nSPS) is 25.7. The molecule has 3 aliphatic rings. The molecule has 2 saturated heterocycles. The number of benzene rings is 2. The highest BCUT2D eigenvalue weighted by atomic mass is 16.6. The van der Waals surface area contributed by atoms with Crippen LogP contribution >= 0.6 is 0 Å². The Morgan fingerprint density at radius 1 is 1.00 bits per heavy atom. The number of carbonyl (C=O) groups is 3. The lowest BCUT2D eigenvalue weighted by molar-refractivity contribution is -0.384. The van der Waals surface area contributed by atoms with Crippen LogP contribution in [0.5, 0.6) is 0 Å². The lowest BCUT2D eigenvalue weighted by Crippen LogP contribution is -2.48. The summed E-state index contributed by atoms with van der Waals surface area (Å²) in [5.41, 5.74) is 1.06. The lowest BCUT2D eigenvalue weighted by Gasteiger charge is -2.35. The average molecular weight is 446 g/mol. The number of carbonyl (C=O) groups excluding carboxylic acids is 3. The van der Waals surface area contributed by atoms with E-state index in [1.54, 1.807) is 32.0 Å². The zero-order valence-corrected chi connectivity index (χ0v) is 18.3. The number of fused-ring (bicyclic) bond motifs is 5. The third kappa shape index (κ3) is 2.99. The highest BCUT2D eigenvalue weighted by Gasteiger charge is 2.66. The fourth-order valence-corrected chi connectivity index (χ4v) is 5.09. The van der Waals surface area contributed by atoms with Crippen molar-refractivity contribution in [1.82, 2.24) is 5.01 Å². The Kier molecular flexibility index (Phi) is 4.49. The van der Waals surface area contributed by atoms with Crippen LogP contribution in [0.1, 0.15) is 37.9 Å². The van der Waals surface area contributed by atoms with Crippen LogP contribution in [-0.2, 0) is 14.4 Å². The van der Waals surface area contributed by atoms with Crippen LogP contribution in [0.2, 0.25) is 0 Å². The van der Waals surface area contributed by atoms with Gasteiger partial charge in [-0.25, -0.2) is 4.90 Å². The lowest BCUT2D eigenvalue weighted by atomic mass is 9.79. The zero-order chi connectivity index (χ0) is 23.7. The third-order valence-electron chi connectivity index (χ3n) is 6.62. The first-order valence-electron chi connectivity index (χ1n) is 10.7. The molecule has 5 rings (SSSR count). The summed E-state index contributed by atoms with van der Waals surface area (Å²) < 4.78 is 0. The molecule has 4 atom stereocenters. The second-order valence-corrected chi connectivity index (χ2v) is 9.59. The van der Waals surface area contributed by atoms with Gasteiger partial charge in [0.1, 0.15) is 6.04 Å². The van der Waals surface area contributed by atoms with Gasteiger partial charge in [0.05, 0.1) is 34.7 Å². The van der Waals surface area contributed by atoms with Gasteiger partial charge in [-0.1, -0.05) is 45.0 Å². The summed E-state index contributed by atoms with van der Waals surface area (Å²) in [6, 6.07) is 11.4. The minimum atomic E-state index is -0.896. The van der Waals surface area contributed by atoms with Crippen molar-refractivity contribution >= 4 is 35.2 Å². The number of nitrogens with zero attached hydrogens (tertiary/aromatic N) is 4. The molecule has 9 nitrogen and oxygen atoms in total. The van der Waals surface area contributed by atoms with E-state index in [1.165, 1.54) is 24.3 Å². The number of anilines is 1. The van der Waals surface area contributed by atoms with E-state index in [2.05, 4.69) is 5.10 Å². The number of imide groups is 1. The van der Waals surface area contributed by atoms with Gasteiger partial charge < -0.3 is 0 Å². The molecular weight excluding hydrogens is 424 g/mol. The van der Waals surface area contributed by atoms with Gasteiger partial charge in [0.15, 0.2) is 5.78 Å². The molecule has 0 aromatic heterocycles. The van der Waals surface area contributed by atoms with Crippen molar-refractivity contribution in [1.29, 1.82) is 0 Å². The number of nitro groups is 1. The minimum absolute atomic E-state index is 0.138. The average Bonchev–Trinajstić information content (AvgIpc) is 3.25. The molecule has 9 heteroatoms. The van der Waals surface area contributed by atoms with Gasteiger partial charge in [-0.15, -0.1) is 0 Å². The molecular formula is C24H22N4O5. The molecule has 3 heterocycles. The second kappa shape index (κ2) is 7.06. The summed E-state index contributed by atoms with van der Waals surface area (Å²) in [7, 11) is 0. The van der Waals surface area contributed by atoms with E-state index in [4.69, 9.17) is 0 Å². The number of ketones is 1. The molecule has 0 aliphatic carbocycles. The van der Waals surface area contributed by atoms with E-state index < -0.39 is 46.1 Å². The van der Waals surface area contributed by atoms with Crippen LogP contribution < -0.4 is 4.90 Å². The van der Waals surface area contributed by atoms with Crippen LogP contribution in [0.15, 0.2) is 53.6 Å². The molecule has 2 amide bonds. The largest absolute Gasteiger partial charge is 0.297 e. The quantitative estimate of drug-likeness (QED) is 0.407. The Hall–Kier alpha value is -3.88. The molecule has 0 spiro atoms. The highest BCUT2D eigenvalue weighted by molar-refractivity contribution is 6.24. The Balaban J connectivity index is 1.63. The second-order valence-electron chi connectivity index (χ2n) is 9.59. The van der Waals surface area contributed by atoms with Crippen LogP contribution in [0.3, 0.4) is 0 Å². The maximum Gasteiger partial charge on any atom is 0.269 e. The smallest absolute Gasteiger partial charge is 0.269 e. The van der Waals surface area contributed by atoms with E-state index in [0.717, 1.165) is 16.0 Å². The first kappa shape index (κ1) is 21.0. The molecule has 0 radical (unpaired) electrons. The summed E-state index contributed by atoms with van der Waals surface area (Å²) in [4.78, 5) is 52.4. The number of non-ortho nitro benzene ring substituents is 1. The van der Waals surface area contributed by atoms with Gasteiger partial charge >= 0.3 is 0 Å². The van der Waals surface area contributed by atoms with Crippen molar-refractivity contribution in [3.05, 3.63) is 69.8 Å². The summed E-state index contributed by atoms with van der Waals surface area (Å²) >= 11 is 0. The Bertz CT molecular complexity index is 1230. The van der Waals surface area contributed by atoms with Crippen LogP contribution in [0.4, 0.5) is 11.4 Å². The summed E-state index contributed by atoms with van der Waals surface area (Å²) in [5.74, 6) is -2.76. The summed E-state index contributed by atoms with van der Waals surface area (Å²) in [5, 5.41) is 17.2. The molecule has 2 aromatic carbocycles. The first-order chi connectivity index (χ1) is 15.6. The number of nitro benzene ring substituents is 1. The van der Waals surface area contributed by atoms with Crippen molar-refractivity contribution < 1.29 is 19.3 Å². The van der Waals surface area contributed by atoms with Gasteiger partial charge in [0.25, 0.3) is 5.69 Å². The molecule has 0 bridgehead atoms. The van der Waals surface area contributed by atoms with E-state index in [-0.39, 0.29) is 17.2 Å². The van der Waals surface area contributed by atoms with Crippen LogP contribution in [-0.4, -0.2) is 39.8 Å². The standard InChI is InChI=1S/C24H22N4O5/c1-24(2,3)21(29)20-18-17(19-16-7-5-4-6-13(16)12-25-27(19)20)22(30)26(23(18)31)14-8-10-15(11-9-14)28(32)33/h4-12,17-20H,1-3H3/t17-,18-,19+,20+/m1/s1. The number of amides is 2. The van der Waals surface area contributed by atoms with E-state index >= 15 is 0 Å². The SMILES string of the molecule is CC(C)(C)C(=O)[C@@H]1[C@@H]2C(=O)N(c3ccc([N+](=O)[O-])cc3)C(=O)[C@H]2[C@@H]2c3ccccc3C=NN12. The number of hydrogen-bond acceptors (Lipinski definition) is 7. The number of Topliss-reactive ketones (excluding diaryl/α,β-unsaturated/α-hetero) is 1. The van der Waals surface area contributed by atoms with E-state index in [0.29, 0.717) is 0 Å². The monoisotopic (exact) mass is 446 g/mol. The van der Waals surface area contributed by atoms with E-state index in [1.807, 2.05) is 24.3 Å². The van der Waals surface area contributed by atoms with Crippen molar-refractivity contribution in [2.45, 2.75) is 32.9 Å². The first-order valence-corrected chi connectivity index (χ1v) is 10.7. The van der Waals surface area contributed by atoms with Gasteiger partial charge in [0, 0.05) is 17.5 Å². The molecule has 3 aliphatic heterocycles. The number of hydrazone groups is 1. The van der Waals surface area contributed by atoms with Crippen LogP contribution in [0, 0.1) is 27.4 Å². The molecule has 2 aromatic rings. The Morgan fingerprint density at radius 3 is 2.27 bits per heavy atom. The van der Waals surface area contributed by atoms with Crippen LogP contribution in [0.25, 0.3) is 0 Å².